The fourth-order valence-electron chi connectivity index (χ4n) is 1.97. The molecule has 0 aliphatic carbocycles. The molecule has 0 radical (unpaired) electrons. The van der Waals surface area contributed by atoms with Crippen molar-refractivity contribution in [3.05, 3.63) is 12.7 Å². The van der Waals surface area contributed by atoms with Crippen LogP contribution in [0, 0.1) is 0 Å². The van der Waals surface area contributed by atoms with Crippen molar-refractivity contribution in [2.24, 2.45) is 0 Å². The van der Waals surface area contributed by atoms with Crippen LogP contribution in [0.2, 0.25) is 0 Å². The van der Waals surface area contributed by atoms with E-state index in [4.69, 9.17) is 4.74 Å². The van der Waals surface area contributed by atoms with Crippen molar-refractivity contribution in [2.45, 2.75) is 63.8 Å². The molecular weight excluding hydrogens is 176 g/mol. The number of ether oxygens (including phenoxy) is 1. The van der Waals surface area contributed by atoms with Gasteiger partial charge in [-0.3, -0.25) is 0 Å². The van der Waals surface area contributed by atoms with Crippen molar-refractivity contribution in [1.82, 2.24) is 0 Å². The summed E-state index contributed by atoms with van der Waals surface area (Å²) in [6.45, 7) is 5.84. The van der Waals surface area contributed by atoms with Crippen molar-refractivity contribution in [1.29, 1.82) is 0 Å². The minimum Gasteiger partial charge on any atom is -0.390 e. The third-order valence-corrected chi connectivity index (χ3v) is 2.85. The lowest BCUT2D eigenvalue weighted by Crippen LogP contribution is -2.26. The van der Waals surface area contributed by atoms with Crippen LogP contribution < -0.4 is 0 Å². The van der Waals surface area contributed by atoms with E-state index < -0.39 is 0 Å². The van der Waals surface area contributed by atoms with Crippen LogP contribution in [0.25, 0.3) is 0 Å². The van der Waals surface area contributed by atoms with Gasteiger partial charge in [-0.15, -0.1) is 6.58 Å². The van der Waals surface area contributed by atoms with E-state index in [-0.39, 0.29) is 12.2 Å². The fraction of sp³-hybridized carbons (Fsp3) is 0.833. The summed E-state index contributed by atoms with van der Waals surface area (Å²) in [5.74, 6) is 0. The lowest BCUT2D eigenvalue weighted by molar-refractivity contribution is -0.0363. The van der Waals surface area contributed by atoms with E-state index in [0.717, 1.165) is 38.5 Å². The maximum Gasteiger partial charge on any atom is 0.0838 e. The SMILES string of the molecule is C=CC[C@@H]1CC[C@@H]([C@@H](O)CCCC)O1. The molecule has 0 saturated carbocycles. The summed E-state index contributed by atoms with van der Waals surface area (Å²) >= 11 is 0. The van der Waals surface area contributed by atoms with Crippen molar-refractivity contribution in [3.8, 4) is 0 Å². The second kappa shape index (κ2) is 6.20. The summed E-state index contributed by atoms with van der Waals surface area (Å²) < 4.78 is 5.74. The Bertz CT molecular complexity index is 168. The summed E-state index contributed by atoms with van der Waals surface area (Å²) in [5, 5.41) is 9.82. The van der Waals surface area contributed by atoms with E-state index >= 15 is 0 Å². The van der Waals surface area contributed by atoms with Crippen LogP contribution in [0.1, 0.15) is 45.4 Å². The van der Waals surface area contributed by atoms with Crippen LogP contribution in [-0.4, -0.2) is 23.4 Å². The third-order valence-electron chi connectivity index (χ3n) is 2.85. The summed E-state index contributed by atoms with van der Waals surface area (Å²) in [7, 11) is 0. The van der Waals surface area contributed by atoms with E-state index in [0.29, 0.717) is 6.10 Å². The predicted octanol–water partition coefficient (Wildman–Crippen LogP) is 2.66. The molecule has 1 rings (SSSR count). The molecule has 1 N–H and O–H groups in total. The molecule has 0 unspecified atom stereocenters. The Kier molecular flexibility index (Phi) is 5.20. The minimum atomic E-state index is -0.259. The highest BCUT2D eigenvalue weighted by molar-refractivity contribution is 4.83. The molecule has 1 aliphatic heterocycles. The van der Waals surface area contributed by atoms with Gasteiger partial charge in [0.2, 0.25) is 0 Å². The van der Waals surface area contributed by atoms with Gasteiger partial charge in [-0.2, -0.15) is 0 Å². The fourth-order valence-corrected chi connectivity index (χ4v) is 1.97. The van der Waals surface area contributed by atoms with Crippen LogP contribution in [0.4, 0.5) is 0 Å². The van der Waals surface area contributed by atoms with E-state index in [1.807, 2.05) is 6.08 Å². The largest absolute Gasteiger partial charge is 0.390 e. The molecule has 1 aliphatic rings. The topological polar surface area (TPSA) is 29.5 Å². The van der Waals surface area contributed by atoms with Crippen molar-refractivity contribution in [2.75, 3.05) is 0 Å². The highest BCUT2D eigenvalue weighted by Gasteiger charge is 2.29. The summed E-state index contributed by atoms with van der Waals surface area (Å²) in [6.07, 6.45) is 8.10. The van der Waals surface area contributed by atoms with Gasteiger partial charge in [0.05, 0.1) is 18.3 Å². The van der Waals surface area contributed by atoms with Crippen LogP contribution in [0.15, 0.2) is 12.7 Å². The quantitative estimate of drug-likeness (QED) is 0.665. The van der Waals surface area contributed by atoms with E-state index in [1.165, 1.54) is 0 Å². The lowest BCUT2D eigenvalue weighted by atomic mass is 10.0. The van der Waals surface area contributed by atoms with Gasteiger partial charge in [-0.05, 0) is 25.7 Å². The van der Waals surface area contributed by atoms with Gasteiger partial charge in [0, 0.05) is 0 Å². The summed E-state index contributed by atoms with van der Waals surface area (Å²) in [4.78, 5) is 0. The molecule has 3 atom stereocenters. The molecule has 2 heteroatoms. The molecular formula is C12H22O2. The molecule has 0 aromatic rings. The van der Waals surface area contributed by atoms with Gasteiger partial charge >= 0.3 is 0 Å². The molecule has 0 amide bonds. The van der Waals surface area contributed by atoms with Gasteiger partial charge in [0.1, 0.15) is 0 Å². The number of hydrogen-bond donors (Lipinski definition) is 1. The van der Waals surface area contributed by atoms with Gasteiger partial charge < -0.3 is 9.84 Å². The number of unbranched alkanes of at least 4 members (excludes halogenated alkanes) is 1. The van der Waals surface area contributed by atoms with Gasteiger partial charge in [0.15, 0.2) is 0 Å². The Morgan fingerprint density at radius 2 is 2.36 bits per heavy atom. The highest BCUT2D eigenvalue weighted by atomic mass is 16.5. The first-order chi connectivity index (χ1) is 6.77. The first kappa shape index (κ1) is 11.7. The molecule has 1 saturated heterocycles. The molecule has 82 valence electrons. The Morgan fingerprint density at radius 3 is 3.00 bits per heavy atom. The maximum absolute atomic E-state index is 9.82. The zero-order valence-electron chi connectivity index (χ0n) is 9.11. The molecule has 14 heavy (non-hydrogen) atoms. The van der Waals surface area contributed by atoms with Crippen LogP contribution in [-0.2, 0) is 4.74 Å². The minimum absolute atomic E-state index is 0.0755. The Balaban J connectivity index is 2.22. The van der Waals surface area contributed by atoms with Gasteiger partial charge in [-0.25, -0.2) is 0 Å². The molecule has 1 heterocycles. The molecule has 2 nitrogen and oxygen atoms in total. The highest BCUT2D eigenvalue weighted by Crippen LogP contribution is 2.26. The second-order valence-corrected chi connectivity index (χ2v) is 4.11. The van der Waals surface area contributed by atoms with Crippen LogP contribution in [0.3, 0.4) is 0 Å². The molecule has 0 spiro atoms. The van der Waals surface area contributed by atoms with Crippen LogP contribution in [0.5, 0.6) is 0 Å². The normalized spacial score (nSPS) is 29.0. The third kappa shape index (κ3) is 3.43. The van der Waals surface area contributed by atoms with E-state index in [1.54, 1.807) is 0 Å². The van der Waals surface area contributed by atoms with Gasteiger partial charge in [0.25, 0.3) is 0 Å². The average molecular weight is 198 g/mol. The van der Waals surface area contributed by atoms with E-state index in [2.05, 4.69) is 13.5 Å². The van der Waals surface area contributed by atoms with Gasteiger partial charge in [-0.1, -0.05) is 25.8 Å². The number of aliphatic hydroxyl groups is 1. The Labute approximate surface area is 87.0 Å². The first-order valence-electron chi connectivity index (χ1n) is 5.72. The summed E-state index contributed by atoms with van der Waals surface area (Å²) in [5.41, 5.74) is 0. The van der Waals surface area contributed by atoms with Crippen LogP contribution >= 0.6 is 0 Å². The zero-order chi connectivity index (χ0) is 10.4. The lowest BCUT2D eigenvalue weighted by Gasteiger charge is -2.18. The average Bonchev–Trinajstić information content (AvgIpc) is 2.63. The zero-order valence-corrected chi connectivity index (χ0v) is 9.11. The molecule has 0 aromatic carbocycles. The Morgan fingerprint density at radius 1 is 1.57 bits per heavy atom. The summed E-state index contributed by atoms with van der Waals surface area (Å²) in [6, 6.07) is 0. The van der Waals surface area contributed by atoms with Crippen molar-refractivity contribution < 1.29 is 9.84 Å². The smallest absolute Gasteiger partial charge is 0.0838 e. The van der Waals surface area contributed by atoms with Crippen molar-refractivity contribution in [3.63, 3.8) is 0 Å². The molecule has 0 aromatic heterocycles. The molecule has 0 bridgehead atoms. The number of hydrogen-bond acceptors (Lipinski definition) is 2. The Hall–Kier alpha value is -0.340. The monoisotopic (exact) mass is 198 g/mol. The number of rotatable bonds is 6. The second-order valence-electron chi connectivity index (χ2n) is 4.11. The number of aliphatic hydroxyl groups excluding tert-OH is 1. The standard InChI is InChI=1S/C12H22O2/c1-3-5-7-11(13)12-9-8-10(14-12)6-4-2/h4,10-13H,2-3,5-9H2,1H3/t10-,11+,12+/m1/s1. The van der Waals surface area contributed by atoms with Crippen molar-refractivity contribution >= 4 is 0 Å². The van der Waals surface area contributed by atoms with E-state index in [9.17, 15) is 5.11 Å². The molecule has 1 fully saturated rings. The maximum atomic E-state index is 9.82. The first-order valence-corrected chi connectivity index (χ1v) is 5.72. The predicted molar refractivity (Wildman–Crippen MR) is 58.2 cm³/mol.